The Morgan fingerprint density at radius 2 is 2.14 bits per heavy atom. The third-order valence-corrected chi connectivity index (χ3v) is 6.91. The Morgan fingerprint density at radius 1 is 1.41 bits per heavy atom. The van der Waals surface area contributed by atoms with Gasteiger partial charge in [0.05, 0.1) is 16.8 Å². The summed E-state index contributed by atoms with van der Waals surface area (Å²) in [6.45, 7) is 6.77. The average molecular weight is 347 g/mol. The van der Waals surface area contributed by atoms with Crippen LogP contribution in [0.4, 0.5) is 0 Å². The normalized spacial score (nSPS) is 23.1. The van der Waals surface area contributed by atoms with Crippen LogP contribution in [0.3, 0.4) is 0 Å². The predicted octanol–water partition coefficient (Wildman–Crippen LogP) is 2.47. The quantitative estimate of drug-likeness (QED) is 0.859. The summed E-state index contributed by atoms with van der Waals surface area (Å²) in [6, 6.07) is 0. The Morgan fingerprint density at radius 3 is 2.73 bits per heavy atom. The third kappa shape index (κ3) is 4.28. The van der Waals surface area contributed by atoms with E-state index in [1.807, 2.05) is 0 Å². The van der Waals surface area contributed by atoms with E-state index in [0.717, 1.165) is 23.5 Å². The van der Waals surface area contributed by atoms with E-state index in [0.29, 0.717) is 19.4 Å². The molecule has 0 aliphatic heterocycles. The number of thiazole rings is 1. The third-order valence-electron chi connectivity index (χ3n) is 4.06. The second kappa shape index (κ2) is 6.95. The van der Waals surface area contributed by atoms with Gasteiger partial charge in [-0.05, 0) is 19.3 Å². The van der Waals surface area contributed by atoms with Gasteiger partial charge in [-0.15, -0.1) is 11.3 Å². The van der Waals surface area contributed by atoms with Crippen molar-refractivity contribution in [3.05, 3.63) is 16.1 Å². The minimum atomic E-state index is -3.31. The lowest BCUT2D eigenvalue weighted by Crippen LogP contribution is -2.40. The summed E-state index contributed by atoms with van der Waals surface area (Å²) in [4.78, 5) is 4.59. The zero-order chi connectivity index (χ0) is 16.4. The van der Waals surface area contributed by atoms with Gasteiger partial charge in [0.15, 0.2) is 0 Å². The zero-order valence-electron chi connectivity index (χ0n) is 13.8. The first kappa shape index (κ1) is 17.8. The summed E-state index contributed by atoms with van der Waals surface area (Å²) in [5, 5.41) is 2.61. The highest BCUT2D eigenvalue weighted by Crippen LogP contribution is 2.27. The van der Waals surface area contributed by atoms with Crippen molar-refractivity contribution in [1.29, 1.82) is 0 Å². The lowest BCUT2D eigenvalue weighted by molar-refractivity contribution is 0.111. The second-order valence-corrected chi connectivity index (χ2v) is 9.74. The first-order valence-corrected chi connectivity index (χ1v) is 10.1. The van der Waals surface area contributed by atoms with Crippen LogP contribution < -0.4 is 4.72 Å². The van der Waals surface area contributed by atoms with Crippen molar-refractivity contribution in [2.24, 2.45) is 0 Å². The molecule has 1 aliphatic carbocycles. The Hall–Kier alpha value is -0.500. The molecule has 7 heteroatoms. The molecule has 1 N–H and O–H groups in total. The summed E-state index contributed by atoms with van der Waals surface area (Å²) < 4.78 is 32.7. The summed E-state index contributed by atoms with van der Waals surface area (Å²) >= 11 is 1.59. The lowest BCUT2D eigenvalue weighted by atomic mass is 9.93. The van der Waals surface area contributed by atoms with Crippen molar-refractivity contribution < 1.29 is 13.2 Å². The second-order valence-electron chi connectivity index (χ2n) is 6.81. The van der Waals surface area contributed by atoms with E-state index < -0.39 is 15.3 Å². The topological polar surface area (TPSA) is 68.3 Å². The first-order chi connectivity index (χ1) is 10.2. The fraction of sp³-hybridized carbons (Fsp3) is 0.800. The molecule has 0 spiro atoms. The van der Waals surface area contributed by atoms with E-state index in [-0.39, 0.29) is 11.5 Å². The van der Waals surface area contributed by atoms with E-state index in [4.69, 9.17) is 4.74 Å². The molecule has 2 unspecified atom stereocenters. The van der Waals surface area contributed by atoms with E-state index in [1.54, 1.807) is 18.4 Å². The molecular formula is C15H26N2O3S2. The van der Waals surface area contributed by atoms with Crippen molar-refractivity contribution in [2.75, 3.05) is 13.7 Å². The van der Waals surface area contributed by atoms with Gasteiger partial charge < -0.3 is 4.74 Å². The number of hydrogen-bond donors (Lipinski definition) is 1. The number of nitrogens with zero attached hydrogens (tertiary/aromatic N) is 1. The SMILES string of the molecule is COC1CCCC1S(=O)(=O)NCCc1nc(C(C)(C)C)cs1. The molecule has 2 atom stereocenters. The van der Waals surface area contributed by atoms with Crippen molar-refractivity contribution in [2.45, 2.75) is 63.2 Å². The van der Waals surface area contributed by atoms with Crippen LogP contribution in [0.2, 0.25) is 0 Å². The number of ether oxygens (including phenoxy) is 1. The number of nitrogens with one attached hydrogen (secondary N) is 1. The molecule has 0 saturated heterocycles. The molecule has 1 saturated carbocycles. The van der Waals surface area contributed by atoms with Gasteiger partial charge in [-0.2, -0.15) is 0 Å². The molecule has 126 valence electrons. The molecule has 5 nitrogen and oxygen atoms in total. The highest BCUT2D eigenvalue weighted by atomic mass is 32.2. The zero-order valence-corrected chi connectivity index (χ0v) is 15.4. The minimum absolute atomic E-state index is 0.0315. The number of rotatable bonds is 6. The Bertz CT molecular complexity index is 590. The van der Waals surface area contributed by atoms with Crippen molar-refractivity contribution in [3.63, 3.8) is 0 Å². The summed E-state index contributed by atoms with van der Waals surface area (Å²) in [5.74, 6) is 0. The van der Waals surface area contributed by atoms with Crippen molar-refractivity contribution in [3.8, 4) is 0 Å². The van der Waals surface area contributed by atoms with Gasteiger partial charge >= 0.3 is 0 Å². The van der Waals surface area contributed by atoms with E-state index in [9.17, 15) is 8.42 Å². The molecule has 1 heterocycles. The number of sulfonamides is 1. The maximum Gasteiger partial charge on any atom is 0.217 e. The van der Waals surface area contributed by atoms with Gasteiger partial charge in [0.1, 0.15) is 5.25 Å². The fourth-order valence-electron chi connectivity index (χ4n) is 2.69. The van der Waals surface area contributed by atoms with E-state index in [2.05, 4.69) is 35.9 Å². The Labute approximate surface area is 137 Å². The monoisotopic (exact) mass is 346 g/mol. The molecule has 0 radical (unpaired) electrons. The van der Waals surface area contributed by atoms with Crippen LogP contribution in [0.1, 0.15) is 50.7 Å². The van der Waals surface area contributed by atoms with Crippen LogP contribution in [0.25, 0.3) is 0 Å². The van der Waals surface area contributed by atoms with Crippen LogP contribution in [0, 0.1) is 0 Å². The van der Waals surface area contributed by atoms with Gasteiger partial charge in [0.2, 0.25) is 10.0 Å². The lowest BCUT2D eigenvalue weighted by Gasteiger charge is -2.18. The highest BCUT2D eigenvalue weighted by molar-refractivity contribution is 7.90. The van der Waals surface area contributed by atoms with E-state index >= 15 is 0 Å². The van der Waals surface area contributed by atoms with Crippen molar-refractivity contribution >= 4 is 21.4 Å². The fourth-order valence-corrected chi connectivity index (χ4v) is 5.44. The van der Waals surface area contributed by atoms with Gasteiger partial charge in [0.25, 0.3) is 0 Å². The van der Waals surface area contributed by atoms with Gasteiger partial charge in [-0.1, -0.05) is 20.8 Å². The van der Waals surface area contributed by atoms with Crippen molar-refractivity contribution in [1.82, 2.24) is 9.71 Å². The molecular weight excluding hydrogens is 320 g/mol. The number of hydrogen-bond acceptors (Lipinski definition) is 5. The summed E-state index contributed by atoms with van der Waals surface area (Å²) in [5.41, 5.74) is 1.09. The standard InChI is InChI=1S/C15H26N2O3S2/c1-15(2,3)13-10-21-14(17-13)8-9-16-22(18,19)12-7-5-6-11(12)20-4/h10-12,16H,5-9H2,1-4H3. The molecule has 1 aromatic heterocycles. The summed E-state index contributed by atoms with van der Waals surface area (Å²) in [7, 11) is -1.73. The smallest absolute Gasteiger partial charge is 0.217 e. The van der Waals surface area contributed by atoms with Crippen LogP contribution in [0.15, 0.2) is 5.38 Å². The van der Waals surface area contributed by atoms with Crippen LogP contribution >= 0.6 is 11.3 Å². The molecule has 22 heavy (non-hydrogen) atoms. The number of methoxy groups -OCH3 is 1. The maximum absolute atomic E-state index is 12.3. The van der Waals surface area contributed by atoms with Gasteiger partial charge in [-0.3, -0.25) is 0 Å². The maximum atomic E-state index is 12.3. The molecule has 0 bridgehead atoms. The summed E-state index contributed by atoms with van der Waals surface area (Å²) in [6.07, 6.45) is 2.86. The molecule has 0 aromatic carbocycles. The van der Waals surface area contributed by atoms with Gasteiger partial charge in [-0.25, -0.2) is 18.1 Å². The number of aromatic nitrogens is 1. The van der Waals surface area contributed by atoms with E-state index in [1.165, 1.54) is 0 Å². The van der Waals surface area contributed by atoms with Crippen LogP contribution in [-0.2, 0) is 26.6 Å². The molecule has 0 amide bonds. The first-order valence-electron chi connectivity index (χ1n) is 7.70. The molecule has 2 rings (SSSR count). The largest absolute Gasteiger partial charge is 0.380 e. The molecule has 1 aliphatic rings. The molecule has 1 aromatic rings. The van der Waals surface area contributed by atoms with Crippen LogP contribution in [-0.4, -0.2) is 38.4 Å². The molecule has 1 fully saturated rings. The van der Waals surface area contributed by atoms with Crippen LogP contribution in [0.5, 0.6) is 0 Å². The average Bonchev–Trinajstić information content (AvgIpc) is 3.06. The van der Waals surface area contributed by atoms with Gasteiger partial charge in [0, 0.05) is 30.9 Å². The highest BCUT2D eigenvalue weighted by Gasteiger charge is 2.37. The Kier molecular flexibility index (Phi) is 5.63. The minimum Gasteiger partial charge on any atom is -0.380 e. The predicted molar refractivity (Wildman–Crippen MR) is 89.9 cm³/mol. The Balaban J connectivity index is 1.89.